The molecule has 0 unspecified atom stereocenters. The van der Waals surface area contributed by atoms with Gasteiger partial charge in [0.1, 0.15) is 0 Å². The lowest BCUT2D eigenvalue weighted by atomic mass is 10.4. The van der Waals surface area contributed by atoms with Crippen molar-refractivity contribution in [1.29, 1.82) is 0 Å². The van der Waals surface area contributed by atoms with Gasteiger partial charge >= 0.3 is 0 Å². The molecule has 104 valence electrons. The maximum atomic E-state index is 12.0. The molecule has 6 heteroatoms. The van der Waals surface area contributed by atoms with E-state index >= 15 is 0 Å². The quantitative estimate of drug-likeness (QED) is 0.826. The van der Waals surface area contributed by atoms with Crippen molar-refractivity contribution in [1.82, 2.24) is 4.72 Å². The zero-order valence-corrected chi connectivity index (χ0v) is 12.3. The highest BCUT2D eigenvalue weighted by molar-refractivity contribution is 7.90. The van der Waals surface area contributed by atoms with E-state index in [4.69, 9.17) is 5.73 Å². The van der Waals surface area contributed by atoms with Gasteiger partial charge in [-0.1, -0.05) is 24.7 Å². The summed E-state index contributed by atoms with van der Waals surface area (Å²) in [6.45, 7) is 0.690. The Morgan fingerprint density at radius 1 is 1.37 bits per heavy atom. The molecule has 19 heavy (non-hydrogen) atoms. The molecule has 1 fully saturated rings. The Bertz CT molecular complexity index is 575. The Morgan fingerprint density at radius 2 is 2.11 bits per heavy atom. The normalized spacial score (nSPS) is 16.3. The number of hydrogen-bond acceptors (Lipinski definition) is 4. The predicted octanol–water partition coefficient (Wildman–Crippen LogP) is 1.42. The zero-order chi connectivity index (χ0) is 13.7. The smallest absolute Gasteiger partial charge is 0.214 e. The van der Waals surface area contributed by atoms with E-state index in [1.165, 1.54) is 11.3 Å². The molecule has 0 bridgehead atoms. The monoisotopic (exact) mass is 298 g/mol. The van der Waals surface area contributed by atoms with E-state index in [9.17, 15) is 8.42 Å². The van der Waals surface area contributed by atoms with Crippen LogP contribution < -0.4 is 10.5 Å². The first-order valence-electron chi connectivity index (χ1n) is 6.38. The Morgan fingerprint density at radius 3 is 2.79 bits per heavy atom. The second-order valence-electron chi connectivity index (χ2n) is 4.54. The molecular formula is C13H18N2O2S2. The maximum absolute atomic E-state index is 12.0. The summed E-state index contributed by atoms with van der Waals surface area (Å²) >= 11 is 1.50. The molecule has 1 heterocycles. The van der Waals surface area contributed by atoms with Crippen molar-refractivity contribution in [2.45, 2.75) is 37.5 Å². The number of thiophene rings is 1. The van der Waals surface area contributed by atoms with Gasteiger partial charge in [-0.25, -0.2) is 13.1 Å². The molecule has 3 N–H and O–H groups in total. The second kappa shape index (κ2) is 6.53. The van der Waals surface area contributed by atoms with Gasteiger partial charge < -0.3 is 5.73 Å². The van der Waals surface area contributed by atoms with Crippen LogP contribution in [0.25, 0.3) is 0 Å². The van der Waals surface area contributed by atoms with Gasteiger partial charge in [0.15, 0.2) is 0 Å². The molecule has 1 aliphatic rings. The van der Waals surface area contributed by atoms with E-state index in [0.29, 0.717) is 13.1 Å². The highest BCUT2D eigenvalue weighted by atomic mass is 32.2. The average Bonchev–Trinajstić information content (AvgIpc) is 3.05. The Kier molecular flexibility index (Phi) is 4.99. The fourth-order valence-electron chi connectivity index (χ4n) is 2.17. The highest BCUT2D eigenvalue weighted by Crippen LogP contribution is 2.24. The van der Waals surface area contributed by atoms with Crippen molar-refractivity contribution in [3.8, 4) is 11.8 Å². The first kappa shape index (κ1) is 14.5. The average molecular weight is 298 g/mol. The summed E-state index contributed by atoms with van der Waals surface area (Å²) in [5, 5.41) is -0.205. The molecule has 1 saturated carbocycles. The van der Waals surface area contributed by atoms with Crippen molar-refractivity contribution in [2.24, 2.45) is 5.73 Å². The van der Waals surface area contributed by atoms with Gasteiger partial charge in [0, 0.05) is 11.4 Å². The minimum Gasteiger partial charge on any atom is -0.320 e. The van der Waals surface area contributed by atoms with Gasteiger partial charge in [-0.3, -0.25) is 0 Å². The summed E-state index contributed by atoms with van der Waals surface area (Å²) < 4.78 is 26.8. The minimum absolute atomic E-state index is 0.205. The van der Waals surface area contributed by atoms with Gasteiger partial charge in [0.25, 0.3) is 0 Å². The van der Waals surface area contributed by atoms with E-state index in [-0.39, 0.29) is 5.25 Å². The molecule has 1 aromatic heterocycles. The van der Waals surface area contributed by atoms with Gasteiger partial charge in [-0.2, -0.15) is 0 Å². The van der Waals surface area contributed by atoms with Crippen LogP contribution in [0.15, 0.2) is 12.1 Å². The number of sulfonamides is 1. The van der Waals surface area contributed by atoms with E-state index in [0.717, 1.165) is 35.4 Å². The van der Waals surface area contributed by atoms with Crippen molar-refractivity contribution < 1.29 is 8.42 Å². The molecule has 1 aromatic rings. The predicted molar refractivity (Wildman–Crippen MR) is 78.3 cm³/mol. The number of nitrogens with two attached hydrogens (primary N) is 1. The van der Waals surface area contributed by atoms with Crippen molar-refractivity contribution >= 4 is 21.4 Å². The van der Waals surface area contributed by atoms with Crippen LogP contribution in [0.4, 0.5) is 0 Å². The van der Waals surface area contributed by atoms with Crippen molar-refractivity contribution in [3.63, 3.8) is 0 Å². The fourth-order valence-corrected chi connectivity index (χ4v) is 4.63. The molecule has 0 aliphatic heterocycles. The zero-order valence-electron chi connectivity index (χ0n) is 10.7. The fraction of sp³-hybridized carbons (Fsp3) is 0.538. The first-order chi connectivity index (χ1) is 9.12. The molecule has 0 saturated heterocycles. The standard InChI is InChI=1S/C13H18N2O2S2/c14-9-3-4-11-7-8-12(18-11)10-15-19(16,17)13-5-1-2-6-13/h7-8,13,15H,1-2,5-6,9-10,14H2. The van der Waals surface area contributed by atoms with Crippen LogP contribution in [-0.2, 0) is 16.6 Å². The Balaban J connectivity index is 1.93. The summed E-state index contributed by atoms with van der Waals surface area (Å²) in [5.74, 6) is 5.73. The number of nitrogens with one attached hydrogen (secondary N) is 1. The van der Waals surface area contributed by atoms with Crippen LogP contribution in [0, 0.1) is 11.8 Å². The summed E-state index contributed by atoms with van der Waals surface area (Å²) in [6, 6.07) is 3.80. The molecule has 0 atom stereocenters. The molecule has 2 rings (SSSR count). The second-order valence-corrected chi connectivity index (χ2v) is 7.76. The molecule has 0 amide bonds. The molecule has 0 spiro atoms. The minimum atomic E-state index is -3.17. The van der Waals surface area contributed by atoms with Gasteiger partial charge in [-0.05, 0) is 25.0 Å². The van der Waals surface area contributed by atoms with Crippen molar-refractivity contribution in [3.05, 3.63) is 21.9 Å². The molecule has 4 nitrogen and oxygen atoms in total. The van der Waals surface area contributed by atoms with Gasteiger partial charge in [0.05, 0.1) is 16.7 Å². The van der Waals surface area contributed by atoms with Crippen LogP contribution in [-0.4, -0.2) is 20.2 Å². The lowest BCUT2D eigenvalue weighted by Gasteiger charge is -2.11. The number of rotatable bonds is 4. The van der Waals surface area contributed by atoms with Crippen LogP contribution in [0.3, 0.4) is 0 Å². The van der Waals surface area contributed by atoms with Gasteiger partial charge in [0.2, 0.25) is 10.0 Å². The molecule has 1 aliphatic carbocycles. The van der Waals surface area contributed by atoms with E-state index in [1.54, 1.807) is 0 Å². The lowest BCUT2D eigenvalue weighted by molar-refractivity contribution is 0.565. The van der Waals surface area contributed by atoms with Crippen LogP contribution in [0.1, 0.15) is 35.4 Å². The summed E-state index contributed by atoms with van der Waals surface area (Å²) in [5.41, 5.74) is 5.31. The third-order valence-corrected chi connectivity index (χ3v) is 6.06. The summed E-state index contributed by atoms with van der Waals surface area (Å²) in [7, 11) is -3.17. The first-order valence-corrected chi connectivity index (χ1v) is 8.74. The highest BCUT2D eigenvalue weighted by Gasteiger charge is 2.28. The molecule has 0 radical (unpaired) electrons. The summed E-state index contributed by atoms with van der Waals surface area (Å²) in [6.07, 6.45) is 3.60. The van der Waals surface area contributed by atoms with Gasteiger partial charge in [-0.15, -0.1) is 11.3 Å². The Hall–Kier alpha value is -0.870. The summed E-state index contributed by atoms with van der Waals surface area (Å²) in [4.78, 5) is 1.89. The molecule has 0 aromatic carbocycles. The molecular weight excluding hydrogens is 280 g/mol. The SMILES string of the molecule is NCC#Cc1ccc(CNS(=O)(=O)C2CCCC2)s1. The van der Waals surface area contributed by atoms with Crippen LogP contribution in [0.5, 0.6) is 0 Å². The Labute approximate surface area is 118 Å². The third kappa shape index (κ3) is 4.05. The van der Waals surface area contributed by atoms with E-state index in [1.807, 2.05) is 12.1 Å². The lowest BCUT2D eigenvalue weighted by Crippen LogP contribution is -2.31. The topological polar surface area (TPSA) is 72.2 Å². The van der Waals surface area contributed by atoms with Crippen LogP contribution >= 0.6 is 11.3 Å². The van der Waals surface area contributed by atoms with Crippen molar-refractivity contribution in [2.75, 3.05) is 6.54 Å². The maximum Gasteiger partial charge on any atom is 0.214 e. The van der Waals surface area contributed by atoms with E-state index in [2.05, 4.69) is 16.6 Å². The number of hydrogen-bond donors (Lipinski definition) is 2. The van der Waals surface area contributed by atoms with E-state index < -0.39 is 10.0 Å². The van der Waals surface area contributed by atoms with Crippen LogP contribution in [0.2, 0.25) is 0 Å². The third-order valence-electron chi connectivity index (χ3n) is 3.16. The largest absolute Gasteiger partial charge is 0.320 e.